The summed E-state index contributed by atoms with van der Waals surface area (Å²) in [5.74, 6) is 0.508. The van der Waals surface area contributed by atoms with Gasteiger partial charge in [-0.2, -0.15) is 0 Å². The minimum absolute atomic E-state index is 0.0786. The van der Waals surface area contributed by atoms with E-state index < -0.39 is 0 Å². The number of rotatable bonds is 5. The third kappa shape index (κ3) is 4.35. The lowest BCUT2D eigenvalue weighted by Gasteiger charge is -2.13. The Labute approximate surface area is 121 Å². The molecule has 0 N–H and O–H groups in total. The number of halogens is 2. The number of amides is 1. The summed E-state index contributed by atoms with van der Waals surface area (Å²) in [6.07, 6.45) is 1.17. The summed E-state index contributed by atoms with van der Waals surface area (Å²) in [7, 11) is 3.39. The molecule has 0 unspecified atom stereocenters. The van der Waals surface area contributed by atoms with Gasteiger partial charge >= 0.3 is 0 Å². The van der Waals surface area contributed by atoms with Gasteiger partial charge in [0.15, 0.2) is 0 Å². The van der Waals surface area contributed by atoms with Gasteiger partial charge in [0, 0.05) is 19.7 Å². The molecular formula is C14H17BrFNO2. The van der Waals surface area contributed by atoms with Crippen LogP contribution in [0.25, 0.3) is 0 Å². The predicted octanol–water partition coefficient (Wildman–Crippen LogP) is 3.79. The average molecular weight is 330 g/mol. The summed E-state index contributed by atoms with van der Waals surface area (Å²) in [6.45, 7) is 2.06. The zero-order valence-corrected chi connectivity index (χ0v) is 12.8. The van der Waals surface area contributed by atoms with Crippen molar-refractivity contribution in [2.45, 2.75) is 13.3 Å². The molecule has 0 aliphatic rings. The van der Waals surface area contributed by atoms with E-state index in [2.05, 4.69) is 15.9 Å². The van der Waals surface area contributed by atoms with Crippen LogP contribution in [0.2, 0.25) is 0 Å². The first-order valence-electron chi connectivity index (χ1n) is 5.91. The molecule has 0 saturated heterocycles. The van der Waals surface area contributed by atoms with Crippen LogP contribution in [0.5, 0.6) is 5.75 Å². The summed E-state index contributed by atoms with van der Waals surface area (Å²) < 4.78 is 18.6. The third-order valence-electron chi connectivity index (χ3n) is 2.61. The van der Waals surface area contributed by atoms with Crippen molar-refractivity contribution in [2.24, 2.45) is 0 Å². The second-order valence-corrected chi connectivity index (χ2v) is 5.11. The molecule has 0 atom stereocenters. The van der Waals surface area contributed by atoms with E-state index in [4.69, 9.17) is 4.74 Å². The van der Waals surface area contributed by atoms with E-state index in [0.29, 0.717) is 34.1 Å². The quantitative estimate of drug-likeness (QED) is 0.822. The molecule has 1 aromatic rings. The van der Waals surface area contributed by atoms with E-state index >= 15 is 0 Å². The largest absolute Gasteiger partial charge is 0.488 e. The molecule has 0 radical (unpaired) electrons. The van der Waals surface area contributed by atoms with Crippen LogP contribution in [-0.4, -0.2) is 31.5 Å². The number of carbonyl (C=O) groups is 1. The Bertz CT molecular complexity index is 486. The van der Waals surface area contributed by atoms with Crippen molar-refractivity contribution >= 4 is 21.8 Å². The Hall–Kier alpha value is -1.36. The lowest BCUT2D eigenvalue weighted by atomic mass is 10.2. The van der Waals surface area contributed by atoms with E-state index in [-0.39, 0.29) is 12.5 Å². The molecule has 104 valence electrons. The second kappa shape index (κ2) is 7.28. The molecule has 3 nitrogen and oxygen atoms in total. The van der Waals surface area contributed by atoms with Crippen LogP contribution in [0.1, 0.15) is 23.7 Å². The van der Waals surface area contributed by atoms with Crippen LogP contribution in [0.4, 0.5) is 4.39 Å². The molecule has 0 aromatic heterocycles. The molecule has 0 fully saturated rings. The van der Waals surface area contributed by atoms with Crippen molar-refractivity contribution in [3.8, 4) is 5.75 Å². The summed E-state index contributed by atoms with van der Waals surface area (Å²) in [5.41, 5.74) is 1.15. The maximum Gasteiger partial charge on any atom is 0.253 e. The van der Waals surface area contributed by atoms with Gasteiger partial charge in [0.1, 0.15) is 12.4 Å². The lowest BCUT2D eigenvalue weighted by Crippen LogP contribution is -2.21. The molecule has 0 bridgehead atoms. The van der Waals surface area contributed by atoms with Gasteiger partial charge in [-0.15, -0.1) is 0 Å². The van der Waals surface area contributed by atoms with E-state index in [1.807, 2.05) is 6.92 Å². The van der Waals surface area contributed by atoms with Crippen LogP contribution >= 0.6 is 15.9 Å². The summed E-state index contributed by atoms with van der Waals surface area (Å²) in [4.78, 5) is 13.3. The van der Waals surface area contributed by atoms with E-state index in [1.165, 1.54) is 4.90 Å². The molecule has 1 rings (SSSR count). The maximum atomic E-state index is 12.4. The number of hydrogen-bond donors (Lipinski definition) is 0. The molecule has 5 heteroatoms. The smallest absolute Gasteiger partial charge is 0.253 e. The minimum Gasteiger partial charge on any atom is -0.488 e. The highest BCUT2D eigenvalue weighted by Crippen LogP contribution is 2.27. The fraction of sp³-hybridized carbons (Fsp3) is 0.357. The Morgan fingerprint density at radius 3 is 2.63 bits per heavy atom. The predicted molar refractivity (Wildman–Crippen MR) is 77.1 cm³/mol. The molecule has 0 aliphatic carbocycles. The molecule has 19 heavy (non-hydrogen) atoms. The average Bonchev–Trinajstić information content (AvgIpc) is 2.40. The van der Waals surface area contributed by atoms with Crippen molar-refractivity contribution in [1.82, 2.24) is 4.90 Å². The van der Waals surface area contributed by atoms with Crippen LogP contribution in [0, 0.1) is 0 Å². The minimum atomic E-state index is -0.0786. The van der Waals surface area contributed by atoms with Gasteiger partial charge in [0.2, 0.25) is 0 Å². The van der Waals surface area contributed by atoms with E-state index in [1.54, 1.807) is 32.3 Å². The first kappa shape index (κ1) is 15.7. The van der Waals surface area contributed by atoms with Crippen molar-refractivity contribution in [1.29, 1.82) is 0 Å². The van der Waals surface area contributed by atoms with Crippen molar-refractivity contribution in [3.05, 3.63) is 40.1 Å². The van der Waals surface area contributed by atoms with Crippen LogP contribution in [0.15, 0.2) is 34.6 Å². The van der Waals surface area contributed by atoms with Gasteiger partial charge in [0.25, 0.3) is 5.91 Å². The third-order valence-corrected chi connectivity index (χ3v) is 3.23. The first-order valence-corrected chi connectivity index (χ1v) is 6.71. The molecule has 0 saturated carbocycles. The maximum absolute atomic E-state index is 12.4. The van der Waals surface area contributed by atoms with Crippen molar-refractivity contribution in [2.75, 3.05) is 20.7 Å². The highest BCUT2D eigenvalue weighted by Gasteiger charge is 2.11. The Balaban J connectivity index is 2.81. The van der Waals surface area contributed by atoms with Gasteiger partial charge in [-0.3, -0.25) is 4.79 Å². The van der Waals surface area contributed by atoms with Crippen LogP contribution in [-0.2, 0) is 0 Å². The number of ether oxygens (including phenoxy) is 1. The van der Waals surface area contributed by atoms with Gasteiger partial charge in [-0.1, -0.05) is 6.92 Å². The van der Waals surface area contributed by atoms with Crippen LogP contribution in [0.3, 0.4) is 0 Å². The summed E-state index contributed by atoms with van der Waals surface area (Å²) in [6, 6.07) is 5.09. The zero-order chi connectivity index (χ0) is 14.4. The van der Waals surface area contributed by atoms with Crippen molar-refractivity contribution < 1.29 is 13.9 Å². The molecule has 1 aromatic carbocycles. The molecular weight excluding hydrogens is 313 g/mol. The number of nitrogens with zero attached hydrogens (tertiary/aromatic N) is 1. The fourth-order valence-corrected chi connectivity index (χ4v) is 1.88. The monoisotopic (exact) mass is 329 g/mol. The van der Waals surface area contributed by atoms with Gasteiger partial charge in [-0.05, 0) is 46.1 Å². The first-order chi connectivity index (χ1) is 8.99. The molecule has 0 heterocycles. The fourth-order valence-electron chi connectivity index (χ4n) is 1.39. The topological polar surface area (TPSA) is 29.5 Å². The molecule has 0 aliphatic heterocycles. The van der Waals surface area contributed by atoms with Gasteiger partial charge < -0.3 is 9.64 Å². The summed E-state index contributed by atoms with van der Waals surface area (Å²) in [5, 5.41) is 0. The highest BCUT2D eigenvalue weighted by atomic mass is 79.9. The van der Waals surface area contributed by atoms with Gasteiger partial charge in [0.05, 0.1) is 10.8 Å². The van der Waals surface area contributed by atoms with E-state index in [0.717, 1.165) is 0 Å². The van der Waals surface area contributed by atoms with Crippen molar-refractivity contribution in [3.63, 3.8) is 0 Å². The number of carbonyl (C=O) groups excluding carboxylic acids is 1. The zero-order valence-electron chi connectivity index (χ0n) is 11.2. The molecule has 1 amide bonds. The lowest BCUT2D eigenvalue weighted by molar-refractivity contribution is 0.0827. The Morgan fingerprint density at radius 1 is 1.47 bits per heavy atom. The van der Waals surface area contributed by atoms with Crippen LogP contribution < -0.4 is 4.74 Å². The Morgan fingerprint density at radius 2 is 2.16 bits per heavy atom. The SMILES string of the molecule is CC/C(=C/F)COc1ccc(C(=O)N(C)C)cc1Br. The van der Waals surface area contributed by atoms with E-state index in [9.17, 15) is 9.18 Å². The normalized spacial score (nSPS) is 11.3. The number of benzene rings is 1. The highest BCUT2D eigenvalue weighted by molar-refractivity contribution is 9.10. The van der Waals surface area contributed by atoms with Gasteiger partial charge in [-0.25, -0.2) is 4.39 Å². The number of hydrogen-bond acceptors (Lipinski definition) is 2. The summed E-state index contributed by atoms with van der Waals surface area (Å²) >= 11 is 3.35. The molecule has 0 spiro atoms. The standard InChI is InChI=1S/C14H17BrFNO2/c1-4-10(8-16)9-19-13-6-5-11(7-12(13)15)14(18)17(2)3/h5-8H,4,9H2,1-3H3/b10-8-. The Kier molecular flexibility index (Phi) is 6.02. The second-order valence-electron chi connectivity index (χ2n) is 4.25.